The molecule has 4 atom stereocenters. The highest BCUT2D eigenvalue weighted by atomic mass is 16.6. The molecule has 1 saturated heterocycles. The van der Waals surface area contributed by atoms with Crippen molar-refractivity contribution in [1.82, 2.24) is 0 Å². The lowest BCUT2D eigenvalue weighted by atomic mass is 9.65. The summed E-state index contributed by atoms with van der Waals surface area (Å²) in [4.78, 5) is 0. The van der Waals surface area contributed by atoms with Crippen LogP contribution in [0.1, 0.15) is 169 Å². The summed E-state index contributed by atoms with van der Waals surface area (Å²) in [6.07, 6.45) is 31.3. The molecule has 0 radical (unpaired) electrons. The van der Waals surface area contributed by atoms with E-state index in [2.05, 4.69) is 40.3 Å². The van der Waals surface area contributed by atoms with Crippen LogP contribution in [0.4, 0.5) is 0 Å². The van der Waals surface area contributed by atoms with Crippen molar-refractivity contribution < 1.29 is 14.2 Å². The van der Waals surface area contributed by atoms with Crippen LogP contribution in [0.3, 0.4) is 0 Å². The Hall–Kier alpha value is -0.380. The molecule has 2 rings (SSSR count). The van der Waals surface area contributed by atoms with Gasteiger partial charge in [-0.2, -0.15) is 0 Å². The van der Waals surface area contributed by atoms with Crippen molar-refractivity contribution in [3.05, 3.63) is 12.7 Å². The van der Waals surface area contributed by atoms with E-state index < -0.39 is 0 Å². The lowest BCUT2D eigenvalue weighted by molar-refractivity contribution is -0.185. The van der Waals surface area contributed by atoms with E-state index in [9.17, 15) is 0 Å². The fraction of sp³-hybridized carbons (Fsp3) is 0.946. The van der Waals surface area contributed by atoms with Crippen LogP contribution in [-0.2, 0) is 14.2 Å². The molecular formula is C37H70O3. The molecule has 236 valence electrons. The number of ether oxygens (including phenoxy) is 3. The number of hydrogen-bond acceptors (Lipinski definition) is 3. The van der Waals surface area contributed by atoms with Gasteiger partial charge in [-0.3, -0.25) is 0 Å². The van der Waals surface area contributed by atoms with E-state index in [0.29, 0.717) is 31.0 Å². The van der Waals surface area contributed by atoms with Crippen LogP contribution in [-0.4, -0.2) is 37.6 Å². The Morgan fingerprint density at radius 3 is 1.90 bits per heavy atom. The van der Waals surface area contributed by atoms with Crippen molar-refractivity contribution in [2.75, 3.05) is 26.4 Å². The maximum absolute atomic E-state index is 6.95. The predicted molar refractivity (Wildman–Crippen MR) is 173 cm³/mol. The standard InChI is InChI=1S/C37H70O3/c1-6-8-9-10-11-12-13-14-15-16-17-18-19-20-21-22-28-38-31-36(27-23-29-39-36)32-40-37(26-7-2)30-34(5)24-25-35(37)33(3)4/h7,33-35H,2,6,8-32H2,1,3-5H3/t34-,35+,36+,37+/m1/s1. The van der Waals surface area contributed by atoms with Gasteiger partial charge in [-0.25, -0.2) is 0 Å². The SMILES string of the molecule is C=CC[C@]1(OC[C@@]2(COCCCCCCCCCCCCCCCCCC)CCCO2)C[C@H](C)CC[C@H]1C(C)C. The van der Waals surface area contributed by atoms with Crippen LogP contribution in [0.25, 0.3) is 0 Å². The molecular weight excluding hydrogens is 492 g/mol. The molecule has 2 aliphatic rings. The summed E-state index contributed by atoms with van der Waals surface area (Å²) in [5, 5.41) is 0. The number of unbranched alkanes of at least 4 members (excludes halogenated alkanes) is 15. The van der Waals surface area contributed by atoms with Crippen molar-refractivity contribution in [2.24, 2.45) is 17.8 Å². The lowest BCUT2D eigenvalue weighted by Crippen LogP contribution is -2.51. The number of hydrogen-bond donors (Lipinski definition) is 0. The van der Waals surface area contributed by atoms with Crippen molar-refractivity contribution >= 4 is 0 Å². The van der Waals surface area contributed by atoms with Gasteiger partial charge in [0.1, 0.15) is 5.60 Å². The fourth-order valence-electron chi connectivity index (χ4n) is 7.53. The molecule has 0 spiro atoms. The van der Waals surface area contributed by atoms with Crippen LogP contribution in [0.2, 0.25) is 0 Å². The summed E-state index contributed by atoms with van der Waals surface area (Å²) in [6, 6.07) is 0. The van der Waals surface area contributed by atoms with E-state index in [1.165, 1.54) is 116 Å². The molecule has 0 amide bonds. The molecule has 0 N–H and O–H groups in total. The maximum atomic E-state index is 6.95. The van der Waals surface area contributed by atoms with E-state index in [1.807, 2.05) is 0 Å². The molecule has 2 fully saturated rings. The second-order valence-corrected chi connectivity index (χ2v) is 14.1. The molecule has 1 heterocycles. The summed E-state index contributed by atoms with van der Waals surface area (Å²) < 4.78 is 19.5. The van der Waals surface area contributed by atoms with Crippen molar-refractivity contribution in [3.63, 3.8) is 0 Å². The van der Waals surface area contributed by atoms with Crippen molar-refractivity contribution in [3.8, 4) is 0 Å². The van der Waals surface area contributed by atoms with E-state index in [-0.39, 0.29) is 11.2 Å². The van der Waals surface area contributed by atoms with Gasteiger partial charge in [-0.1, -0.05) is 137 Å². The molecule has 0 aromatic carbocycles. The van der Waals surface area contributed by atoms with Gasteiger partial charge in [0.05, 0.1) is 18.8 Å². The van der Waals surface area contributed by atoms with Gasteiger partial charge in [0, 0.05) is 13.2 Å². The molecule has 1 aliphatic heterocycles. The normalized spacial score (nSPS) is 27.0. The topological polar surface area (TPSA) is 27.7 Å². The van der Waals surface area contributed by atoms with Gasteiger partial charge in [-0.05, 0) is 56.3 Å². The van der Waals surface area contributed by atoms with Crippen LogP contribution in [0.15, 0.2) is 12.7 Å². The summed E-state index contributed by atoms with van der Waals surface area (Å²) in [5.41, 5.74) is -0.355. The van der Waals surface area contributed by atoms with Gasteiger partial charge in [-0.15, -0.1) is 6.58 Å². The molecule has 1 saturated carbocycles. The van der Waals surface area contributed by atoms with Gasteiger partial charge < -0.3 is 14.2 Å². The molecule has 40 heavy (non-hydrogen) atoms. The summed E-state index contributed by atoms with van der Waals surface area (Å²) in [7, 11) is 0. The van der Waals surface area contributed by atoms with E-state index >= 15 is 0 Å². The first-order valence-electron chi connectivity index (χ1n) is 17.9. The molecule has 0 aromatic heterocycles. The third-order valence-electron chi connectivity index (χ3n) is 9.95. The average molecular weight is 563 g/mol. The highest BCUT2D eigenvalue weighted by Gasteiger charge is 2.47. The Bertz CT molecular complexity index is 611. The first-order valence-corrected chi connectivity index (χ1v) is 17.9. The minimum atomic E-state index is -0.258. The zero-order chi connectivity index (χ0) is 28.9. The molecule has 3 nitrogen and oxygen atoms in total. The third-order valence-corrected chi connectivity index (χ3v) is 9.95. The minimum Gasteiger partial charge on any atom is -0.378 e. The van der Waals surface area contributed by atoms with Crippen LogP contribution < -0.4 is 0 Å². The molecule has 0 bridgehead atoms. The first-order chi connectivity index (χ1) is 19.5. The van der Waals surface area contributed by atoms with Crippen molar-refractivity contribution in [2.45, 2.75) is 180 Å². The molecule has 0 unspecified atom stereocenters. The number of rotatable bonds is 25. The highest BCUT2D eigenvalue weighted by molar-refractivity contribution is 5.00. The van der Waals surface area contributed by atoms with E-state index in [1.54, 1.807) is 0 Å². The van der Waals surface area contributed by atoms with Gasteiger partial charge >= 0.3 is 0 Å². The average Bonchev–Trinajstić information content (AvgIpc) is 3.40. The second-order valence-electron chi connectivity index (χ2n) is 14.1. The second kappa shape index (κ2) is 21.3. The first kappa shape index (κ1) is 35.8. The van der Waals surface area contributed by atoms with Crippen LogP contribution in [0.5, 0.6) is 0 Å². The zero-order valence-corrected chi connectivity index (χ0v) is 27.6. The van der Waals surface area contributed by atoms with Crippen molar-refractivity contribution in [1.29, 1.82) is 0 Å². The van der Waals surface area contributed by atoms with E-state index in [4.69, 9.17) is 14.2 Å². The molecule has 0 aromatic rings. The maximum Gasteiger partial charge on any atom is 0.115 e. The summed E-state index contributed by atoms with van der Waals surface area (Å²) in [5.74, 6) is 1.92. The van der Waals surface area contributed by atoms with Gasteiger partial charge in [0.15, 0.2) is 0 Å². The summed E-state index contributed by atoms with van der Waals surface area (Å²) >= 11 is 0. The molecule has 3 heteroatoms. The molecule has 1 aliphatic carbocycles. The van der Waals surface area contributed by atoms with Crippen LogP contribution >= 0.6 is 0 Å². The minimum absolute atomic E-state index is 0.0968. The quantitative estimate of drug-likeness (QED) is 0.0818. The fourth-order valence-corrected chi connectivity index (χ4v) is 7.53. The van der Waals surface area contributed by atoms with Crippen LogP contribution in [0, 0.1) is 17.8 Å². The zero-order valence-electron chi connectivity index (χ0n) is 27.6. The Kier molecular flexibility index (Phi) is 19.1. The largest absolute Gasteiger partial charge is 0.378 e. The Morgan fingerprint density at radius 2 is 1.40 bits per heavy atom. The van der Waals surface area contributed by atoms with Gasteiger partial charge in [0.25, 0.3) is 0 Å². The Morgan fingerprint density at radius 1 is 0.825 bits per heavy atom. The predicted octanol–water partition coefficient (Wildman–Crippen LogP) is 11.2. The van der Waals surface area contributed by atoms with E-state index in [0.717, 1.165) is 38.9 Å². The lowest BCUT2D eigenvalue weighted by Gasteiger charge is -2.49. The smallest absolute Gasteiger partial charge is 0.115 e. The third kappa shape index (κ3) is 13.7. The Balaban J connectivity index is 1.55. The highest BCUT2D eigenvalue weighted by Crippen LogP contribution is 2.46. The monoisotopic (exact) mass is 563 g/mol. The van der Waals surface area contributed by atoms with Gasteiger partial charge in [0.2, 0.25) is 0 Å². The summed E-state index contributed by atoms with van der Waals surface area (Å²) in [6.45, 7) is 16.6. The Labute approximate surface area is 251 Å².